The van der Waals surface area contributed by atoms with E-state index in [9.17, 15) is 10.1 Å². The van der Waals surface area contributed by atoms with E-state index in [-0.39, 0.29) is 16.0 Å². The summed E-state index contributed by atoms with van der Waals surface area (Å²) in [7, 11) is 1.80. The van der Waals surface area contributed by atoms with Crippen LogP contribution in [-0.4, -0.2) is 30.0 Å². The lowest BCUT2D eigenvalue weighted by molar-refractivity contribution is -0.384. The fourth-order valence-electron chi connectivity index (χ4n) is 1.82. The Hall–Kier alpha value is -1.69. The normalized spacial score (nSPS) is 11.4. The van der Waals surface area contributed by atoms with Crippen molar-refractivity contribution < 1.29 is 4.92 Å². The standard InChI is InChI=1S/C12H20N4O2/c1-9-5-6-14-11(10(9)16(17)18)15(4)8-12(2,3)7-13/h5-6H,7-8,13H2,1-4H3. The summed E-state index contributed by atoms with van der Waals surface area (Å²) in [5.41, 5.74) is 6.24. The van der Waals surface area contributed by atoms with E-state index < -0.39 is 0 Å². The topological polar surface area (TPSA) is 85.3 Å². The molecule has 6 nitrogen and oxygen atoms in total. The zero-order valence-corrected chi connectivity index (χ0v) is 11.3. The maximum absolute atomic E-state index is 11.1. The molecular weight excluding hydrogens is 232 g/mol. The molecule has 2 N–H and O–H groups in total. The van der Waals surface area contributed by atoms with Crippen LogP contribution in [-0.2, 0) is 0 Å². The summed E-state index contributed by atoms with van der Waals surface area (Å²) < 4.78 is 0. The monoisotopic (exact) mass is 252 g/mol. The number of rotatable bonds is 5. The summed E-state index contributed by atoms with van der Waals surface area (Å²) in [4.78, 5) is 16.6. The van der Waals surface area contributed by atoms with Crippen LogP contribution in [0.1, 0.15) is 19.4 Å². The van der Waals surface area contributed by atoms with Gasteiger partial charge in [-0.2, -0.15) is 0 Å². The van der Waals surface area contributed by atoms with Crippen molar-refractivity contribution in [2.75, 3.05) is 25.0 Å². The quantitative estimate of drug-likeness (QED) is 0.637. The first-order valence-electron chi connectivity index (χ1n) is 5.79. The molecule has 0 aliphatic rings. The van der Waals surface area contributed by atoms with E-state index in [1.54, 1.807) is 31.1 Å². The van der Waals surface area contributed by atoms with Gasteiger partial charge in [0.1, 0.15) is 0 Å². The molecule has 0 spiro atoms. The number of nitrogens with two attached hydrogens (primary N) is 1. The number of hydrogen-bond acceptors (Lipinski definition) is 5. The molecule has 6 heteroatoms. The summed E-state index contributed by atoms with van der Waals surface area (Å²) >= 11 is 0. The van der Waals surface area contributed by atoms with Crippen molar-refractivity contribution in [2.45, 2.75) is 20.8 Å². The number of anilines is 1. The van der Waals surface area contributed by atoms with Crippen LogP contribution < -0.4 is 10.6 Å². The second kappa shape index (κ2) is 5.30. The average Bonchev–Trinajstić information content (AvgIpc) is 2.27. The van der Waals surface area contributed by atoms with E-state index >= 15 is 0 Å². The number of nitro groups is 1. The molecule has 0 aromatic carbocycles. The lowest BCUT2D eigenvalue weighted by atomic mass is 9.93. The molecule has 0 saturated carbocycles. The predicted octanol–water partition coefficient (Wildman–Crippen LogP) is 1.72. The van der Waals surface area contributed by atoms with Gasteiger partial charge in [-0.3, -0.25) is 10.1 Å². The Morgan fingerprint density at radius 3 is 2.67 bits per heavy atom. The van der Waals surface area contributed by atoms with Crippen LogP contribution in [0, 0.1) is 22.5 Å². The molecule has 0 unspecified atom stereocenters. The van der Waals surface area contributed by atoms with Crippen LogP contribution in [0.25, 0.3) is 0 Å². The molecule has 0 saturated heterocycles. The third kappa shape index (κ3) is 3.16. The van der Waals surface area contributed by atoms with E-state index in [2.05, 4.69) is 4.98 Å². The Labute approximate surface area is 107 Å². The summed E-state index contributed by atoms with van der Waals surface area (Å²) in [5.74, 6) is 0.390. The van der Waals surface area contributed by atoms with Crippen molar-refractivity contribution in [3.05, 3.63) is 27.9 Å². The van der Waals surface area contributed by atoms with Crippen LogP contribution >= 0.6 is 0 Å². The van der Waals surface area contributed by atoms with Gasteiger partial charge in [-0.15, -0.1) is 0 Å². The number of nitrogens with zero attached hydrogens (tertiary/aromatic N) is 3. The van der Waals surface area contributed by atoms with E-state index in [1.165, 1.54) is 0 Å². The first kappa shape index (κ1) is 14.4. The minimum absolute atomic E-state index is 0.0628. The molecule has 18 heavy (non-hydrogen) atoms. The third-order valence-corrected chi connectivity index (χ3v) is 2.87. The molecule has 1 aromatic rings. The highest BCUT2D eigenvalue weighted by Gasteiger charge is 2.25. The third-order valence-electron chi connectivity index (χ3n) is 2.87. The fraction of sp³-hybridized carbons (Fsp3) is 0.583. The zero-order chi connectivity index (χ0) is 13.9. The van der Waals surface area contributed by atoms with Crippen molar-refractivity contribution in [1.82, 2.24) is 4.98 Å². The van der Waals surface area contributed by atoms with Gasteiger partial charge >= 0.3 is 5.69 Å². The Kier molecular flexibility index (Phi) is 4.24. The van der Waals surface area contributed by atoms with Gasteiger partial charge in [0, 0.05) is 25.4 Å². The summed E-state index contributed by atoms with van der Waals surface area (Å²) in [5, 5.41) is 11.1. The van der Waals surface area contributed by atoms with Gasteiger partial charge in [-0.25, -0.2) is 4.98 Å². The Balaban J connectivity index is 3.10. The van der Waals surface area contributed by atoms with Crippen molar-refractivity contribution in [1.29, 1.82) is 0 Å². The van der Waals surface area contributed by atoms with Gasteiger partial charge in [0.2, 0.25) is 5.82 Å². The highest BCUT2D eigenvalue weighted by molar-refractivity contribution is 5.61. The molecule has 1 aromatic heterocycles. The molecular formula is C12H20N4O2. The van der Waals surface area contributed by atoms with Gasteiger partial charge in [0.15, 0.2) is 0 Å². The van der Waals surface area contributed by atoms with E-state index in [0.29, 0.717) is 24.5 Å². The highest BCUT2D eigenvalue weighted by Crippen LogP contribution is 2.29. The molecule has 100 valence electrons. The van der Waals surface area contributed by atoms with E-state index in [0.717, 1.165) is 0 Å². The maximum atomic E-state index is 11.1. The summed E-state index contributed by atoms with van der Waals surface area (Å²) in [6.45, 7) is 6.87. The highest BCUT2D eigenvalue weighted by atomic mass is 16.6. The summed E-state index contributed by atoms with van der Waals surface area (Å²) in [6.07, 6.45) is 1.59. The Bertz CT molecular complexity index is 446. The van der Waals surface area contributed by atoms with Crippen molar-refractivity contribution in [2.24, 2.45) is 11.1 Å². The lowest BCUT2D eigenvalue weighted by Crippen LogP contribution is -2.37. The smallest absolute Gasteiger partial charge is 0.314 e. The van der Waals surface area contributed by atoms with Crippen molar-refractivity contribution >= 4 is 11.5 Å². The molecule has 0 amide bonds. The van der Waals surface area contributed by atoms with Crippen LogP contribution in [0.4, 0.5) is 11.5 Å². The number of aryl methyl sites for hydroxylation is 1. The first-order chi connectivity index (χ1) is 8.28. The first-order valence-corrected chi connectivity index (χ1v) is 5.79. The van der Waals surface area contributed by atoms with Crippen LogP contribution in [0.5, 0.6) is 0 Å². The predicted molar refractivity (Wildman–Crippen MR) is 71.7 cm³/mol. The molecule has 0 aliphatic carbocycles. The SMILES string of the molecule is Cc1ccnc(N(C)CC(C)(C)CN)c1[N+](=O)[O-]. The molecule has 1 rings (SSSR count). The molecule has 0 fully saturated rings. The van der Waals surface area contributed by atoms with Gasteiger partial charge < -0.3 is 10.6 Å². The largest absolute Gasteiger partial charge is 0.353 e. The molecule has 1 heterocycles. The fourth-order valence-corrected chi connectivity index (χ4v) is 1.82. The second-order valence-corrected chi connectivity index (χ2v) is 5.28. The molecule has 0 bridgehead atoms. The minimum Gasteiger partial charge on any atom is -0.353 e. The van der Waals surface area contributed by atoms with Crippen LogP contribution in [0.15, 0.2) is 12.3 Å². The van der Waals surface area contributed by atoms with Crippen molar-refractivity contribution in [3.63, 3.8) is 0 Å². The molecule has 0 atom stereocenters. The van der Waals surface area contributed by atoms with Gasteiger partial charge in [0.05, 0.1) is 4.92 Å². The summed E-state index contributed by atoms with van der Waals surface area (Å²) in [6, 6.07) is 1.64. The maximum Gasteiger partial charge on any atom is 0.314 e. The number of pyridine rings is 1. The van der Waals surface area contributed by atoms with Crippen LogP contribution in [0.3, 0.4) is 0 Å². The molecule has 0 radical (unpaired) electrons. The van der Waals surface area contributed by atoms with E-state index in [1.807, 2.05) is 13.8 Å². The van der Waals surface area contributed by atoms with Gasteiger partial charge in [-0.05, 0) is 24.9 Å². The van der Waals surface area contributed by atoms with Gasteiger partial charge in [-0.1, -0.05) is 13.8 Å². The number of hydrogen-bond donors (Lipinski definition) is 1. The van der Waals surface area contributed by atoms with Gasteiger partial charge in [0.25, 0.3) is 0 Å². The zero-order valence-electron chi connectivity index (χ0n) is 11.3. The van der Waals surface area contributed by atoms with Crippen LogP contribution in [0.2, 0.25) is 0 Å². The van der Waals surface area contributed by atoms with Crippen molar-refractivity contribution in [3.8, 4) is 0 Å². The molecule has 0 aliphatic heterocycles. The second-order valence-electron chi connectivity index (χ2n) is 5.28. The minimum atomic E-state index is -0.385. The lowest BCUT2D eigenvalue weighted by Gasteiger charge is -2.29. The Morgan fingerprint density at radius 2 is 2.17 bits per heavy atom. The van der Waals surface area contributed by atoms with E-state index in [4.69, 9.17) is 5.73 Å². The average molecular weight is 252 g/mol. The Morgan fingerprint density at radius 1 is 1.56 bits per heavy atom. The number of aromatic nitrogens is 1.